The van der Waals surface area contributed by atoms with Gasteiger partial charge in [0.1, 0.15) is 11.6 Å². The summed E-state index contributed by atoms with van der Waals surface area (Å²) in [6.07, 6.45) is 1.36. The van der Waals surface area contributed by atoms with Crippen molar-refractivity contribution in [2.45, 2.75) is 32.0 Å². The maximum absolute atomic E-state index is 12.0. The van der Waals surface area contributed by atoms with E-state index in [-0.39, 0.29) is 17.5 Å². The number of carbonyl (C=O) groups is 2. The summed E-state index contributed by atoms with van der Waals surface area (Å²) in [5.41, 5.74) is -0.595. The van der Waals surface area contributed by atoms with Crippen LogP contribution in [-0.4, -0.2) is 30.6 Å². The normalized spacial score (nSPS) is 42.9. The topological polar surface area (TPSA) is 52.6 Å². The molecule has 0 aromatic carbocycles. The van der Waals surface area contributed by atoms with Crippen LogP contribution in [0.1, 0.15) is 26.2 Å². The highest BCUT2D eigenvalue weighted by atomic mass is 16.7. The molecular formula is C11H14O4. The van der Waals surface area contributed by atoms with Gasteiger partial charge in [-0.25, -0.2) is 0 Å². The van der Waals surface area contributed by atoms with Gasteiger partial charge in [-0.1, -0.05) is 0 Å². The number of Topliss-reactive ketones (excluding diaryl/α,β-unsaturated/α-hetero) is 2. The summed E-state index contributed by atoms with van der Waals surface area (Å²) in [6.45, 7) is 2.87. The molecule has 2 bridgehead atoms. The standard InChI is InChI=1S/C11H14O4/c1-10-3-2-8(12)7(6-9(10)13)11(10)14-4-5-15-11/h7H,2-6H2,1H3. The Bertz CT molecular complexity index is 342. The van der Waals surface area contributed by atoms with Gasteiger partial charge in [0.05, 0.1) is 24.5 Å². The fraction of sp³-hybridized carbons (Fsp3) is 0.818. The Kier molecular flexibility index (Phi) is 1.70. The van der Waals surface area contributed by atoms with E-state index in [0.717, 1.165) is 0 Å². The van der Waals surface area contributed by atoms with E-state index in [1.165, 1.54) is 0 Å². The lowest BCUT2D eigenvalue weighted by Crippen LogP contribution is -2.55. The Morgan fingerprint density at radius 2 is 1.93 bits per heavy atom. The molecule has 15 heavy (non-hydrogen) atoms. The van der Waals surface area contributed by atoms with Gasteiger partial charge in [-0.05, 0) is 13.3 Å². The molecule has 3 rings (SSSR count). The highest BCUT2D eigenvalue weighted by molar-refractivity contribution is 5.99. The Labute approximate surface area is 87.9 Å². The van der Waals surface area contributed by atoms with Crippen molar-refractivity contribution < 1.29 is 19.1 Å². The molecule has 0 aromatic rings. The summed E-state index contributed by atoms with van der Waals surface area (Å²) in [4.78, 5) is 23.8. The minimum atomic E-state index is -0.917. The maximum Gasteiger partial charge on any atom is 0.190 e. The van der Waals surface area contributed by atoms with Crippen molar-refractivity contribution in [1.82, 2.24) is 0 Å². The lowest BCUT2D eigenvalue weighted by Gasteiger charge is -2.43. The zero-order valence-electron chi connectivity index (χ0n) is 8.75. The van der Waals surface area contributed by atoms with Crippen LogP contribution >= 0.6 is 0 Å². The van der Waals surface area contributed by atoms with Crippen LogP contribution in [0.5, 0.6) is 0 Å². The largest absolute Gasteiger partial charge is 0.346 e. The van der Waals surface area contributed by atoms with E-state index in [2.05, 4.69) is 0 Å². The number of hydrogen-bond acceptors (Lipinski definition) is 4. The second-order valence-corrected chi connectivity index (χ2v) is 4.84. The molecule has 1 aliphatic heterocycles. The van der Waals surface area contributed by atoms with Gasteiger partial charge in [-0.2, -0.15) is 0 Å². The molecule has 0 N–H and O–H groups in total. The molecule has 1 saturated heterocycles. The quantitative estimate of drug-likeness (QED) is 0.590. The summed E-state index contributed by atoms with van der Waals surface area (Å²) < 4.78 is 11.3. The number of carbonyl (C=O) groups excluding carboxylic acids is 2. The average Bonchev–Trinajstić information content (AvgIpc) is 2.73. The second-order valence-electron chi connectivity index (χ2n) is 4.84. The summed E-state index contributed by atoms with van der Waals surface area (Å²) in [5.74, 6) is -1.02. The molecular weight excluding hydrogens is 196 g/mol. The van der Waals surface area contributed by atoms with Gasteiger partial charge < -0.3 is 9.47 Å². The molecule has 1 spiro atoms. The van der Waals surface area contributed by atoms with Gasteiger partial charge in [0, 0.05) is 12.8 Å². The van der Waals surface area contributed by atoms with Gasteiger partial charge in [0.2, 0.25) is 0 Å². The van der Waals surface area contributed by atoms with Crippen molar-refractivity contribution in [1.29, 1.82) is 0 Å². The third-order valence-electron chi connectivity index (χ3n) is 4.21. The van der Waals surface area contributed by atoms with Crippen LogP contribution in [0.15, 0.2) is 0 Å². The van der Waals surface area contributed by atoms with Gasteiger partial charge in [-0.15, -0.1) is 0 Å². The van der Waals surface area contributed by atoms with Crippen LogP contribution in [0.4, 0.5) is 0 Å². The zero-order valence-corrected chi connectivity index (χ0v) is 8.75. The van der Waals surface area contributed by atoms with Crippen LogP contribution < -0.4 is 0 Å². The first-order chi connectivity index (χ1) is 7.10. The molecule has 2 atom stereocenters. The van der Waals surface area contributed by atoms with Crippen LogP contribution in [0.2, 0.25) is 0 Å². The number of hydrogen-bond donors (Lipinski definition) is 0. The van der Waals surface area contributed by atoms with E-state index in [4.69, 9.17) is 9.47 Å². The molecule has 2 unspecified atom stereocenters. The summed E-state index contributed by atoms with van der Waals surface area (Å²) in [5, 5.41) is 0. The van der Waals surface area contributed by atoms with Gasteiger partial charge >= 0.3 is 0 Å². The molecule has 82 valence electrons. The first-order valence-electron chi connectivity index (χ1n) is 5.44. The molecule has 0 amide bonds. The van der Waals surface area contributed by atoms with Crippen LogP contribution in [0, 0.1) is 11.3 Å². The molecule has 4 heteroatoms. The molecule has 2 aliphatic carbocycles. The molecule has 3 fully saturated rings. The molecule has 4 nitrogen and oxygen atoms in total. The van der Waals surface area contributed by atoms with E-state index in [1.807, 2.05) is 6.92 Å². The van der Waals surface area contributed by atoms with Crippen molar-refractivity contribution in [2.24, 2.45) is 11.3 Å². The zero-order chi connectivity index (χ0) is 10.7. The van der Waals surface area contributed by atoms with Crippen LogP contribution in [0.25, 0.3) is 0 Å². The molecule has 3 aliphatic rings. The predicted octanol–water partition coefficient (Wildman–Crippen LogP) is 0.688. The molecule has 0 radical (unpaired) electrons. The number of ether oxygens (including phenoxy) is 2. The van der Waals surface area contributed by atoms with Gasteiger partial charge in [0.25, 0.3) is 0 Å². The Hall–Kier alpha value is -0.740. The third kappa shape index (κ3) is 0.898. The fourth-order valence-electron chi connectivity index (χ4n) is 3.26. The average molecular weight is 210 g/mol. The predicted molar refractivity (Wildman–Crippen MR) is 50.1 cm³/mol. The fourth-order valence-corrected chi connectivity index (χ4v) is 3.26. The third-order valence-corrected chi connectivity index (χ3v) is 4.21. The van der Waals surface area contributed by atoms with Gasteiger partial charge in [-0.3, -0.25) is 9.59 Å². The van der Waals surface area contributed by atoms with Gasteiger partial charge in [0.15, 0.2) is 5.79 Å². The smallest absolute Gasteiger partial charge is 0.190 e. The van der Waals surface area contributed by atoms with Crippen molar-refractivity contribution >= 4 is 11.6 Å². The Morgan fingerprint density at radius 1 is 1.27 bits per heavy atom. The van der Waals surface area contributed by atoms with E-state index in [9.17, 15) is 9.59 Å². The summed E-state index contributed by atoms with van der Waals surface area (Å²) >= 11 is 0. The maximum atomic E-state index is 12.0. The van der Waals surface area contributed by atoms with Crippen molar-refractivity contribution in [3.05, 3.63) is 0 Å². The minimum absolute atomic E-state index is 0.125. The van der Waals surface area contributed by atoms with E-state index in [1.54, 1.807) is 0 Å². The second kappa shape index (κ2) is 2.68. The van der Waals surface area contributed by atoms with E-state index >= 15 is 0 Å². The monoisotopic (exact) mass is 210 g/mol. The highest BCUT2D eigenvalue weighted by Crippen LogP contribution is 2.58. The molecule has 1 heterocycles. The SMILES string of the molecule is CC12CCC(=O)C(CC1=O)C21OCCO1. The number of rotatable bonds is 0. The lowest BCUT2D eigenvalue weighted by molar-refractivity contribution is -0.244. The lowest BCUT2D eigenvalue weighted by atomic mass is 9.71. The molecule has 0 aromatic heterocycles. The van der Waals surface area contributed by atoms with E-state index < -0.39 is 11.2 Å². The van der Waals surface area contributed by atoms with Crippen molar-refractivity contribution in [3.8, 4) is 0 Å². The molecule has 2 saturated carbocycles. The van der Waals surface area contributed by atoms with Crippen molar-refractivity contribution in [3.63, 3.8) is 0 Å². The summed E-state index contributed by atoms with van der Waals surface area (Å²) in [6, 6.07) is 0. The summed E-state index contributed by atoms with van der Waals surface area (Å²) in [7, 11) is 0. The minimum Gasteiger partial charge on any atom is -0.346 e. The number of ketones is 2. The first-order valence-corrected chi connectivity index (χ1v) is 5.44. The van der Waals surface area contributed by atoms with Crippen LogP contribution in [0.3, 0.4) is 0 Å². The Morgan fingerprint density at radius 3 is 2.60 bits per heavy atom. The highest BCUT2D eigenvalue weighted by Gasteiger charge is 2.70. The van der Waals surface area contributed by atoms with E-state index in [0.29, 0.717) is 32.5 Å². The Balaban J connectivity index is 2.12. The first kappa shape index (κ1) is 9.48. The van der Waals surface area contributed by atoms with Crippen molar-refractivity contribution in [2.75, 3.05) is 13.2 Å². The van der Waals surface area contributed by atoms with Crippen LogP contribution in [-0.2, 0) is 19.1 Å².